The smallest absolute Gasteiger partial charge is 0.413 e. The van der Waals surface area contributed by atoms with Crippen LogP contribution >= 0.6 is 11.3 Å². The molecule has 0 saturated carbocycles. The van der Waals surface area contributed by atoms with Crippen LogP contribution in [0.4, 0.5) is 9.93 Å². The van der Waals surface area contributed by atoms with E-state index in [1.165, 1.54) is 19.2 Å². The molecule has 0 bridgehead atoms. The van der Waals surface area contributed by atoms with E-state index in [-0.39, 0.29) is 36.2 Å². The first kappa shape index (κ1) is 38.3. The Labute approximate surface area is 284 Å². The van der Waals surface area contributed by atoms with E-state index in [0.717, 1.165) is 16.9 Å². The van der Waals surface area contributed by atoms with Gasteiger partial charge in [0.25, 0.3) is 5.91 Å². The van der Waals surface area contributed by atoms with Gasteiger partial charge in [-0.3, -0.25) is 14.9 Å². The van der Waals surface area contributed by atoms with Gasteiger partial charge in [-0.25, -0.2) is 14.6 Å². The second-order valence-electron chi connectivity index (χ2n) is 13.6. The minimum atomic E-state index is -1.60. The van der Waals surface area contributed by atoms with E-state index < -0.39 is 58.9 Å². The van der Waals surface area contributed by atoms with E-state index in [9.17, 15) is 24.3 Å². The van der Waals surface area contributed by atoms with E-state index in [4.69, 9.17) is 19.0 Å². The fourth-order valence-corrected chi connectivity index (χ4v) is 4.65. The monoisotopic (exact) mass is 690 g/mol. The highest BCUT2D eigenvalue weighted by Gasteiger charge is 2.41. The molecule has 48 heavy (non-hydrogen) atoms. The van der Waals surface area contributed by atoms with Gasteiger partial charge in [-0.05, 0) is 61.0 Å². The molecule has 1 aliphatic heterocycles. The molecule has 0 aliphatic carbocycles. The minimum absolute atomic E-state index is 0.0107. The van der Waals surface area contributed by atoms with Crippen molar-refractivity contribution in [3.8, 4) is 0 Å². The Morgan fingerprint density at radius 1 is 1.04 bits per heavy atom. The van der Waals surface area contributed by atoms with Crippen molar-refractivity contribution in [1.82, 2.24) is 20.9 Å². The Bertz CT molecular complexity index is 1450. The number of nitrogens with one attached hydrogen (secondary N) is 4. The number of aliphatic hydroxyl groups is 1. The lowest BCUT2D eigenvalue weighted by Crippen LogP contribution is -2.72. The molecule has 1 aliphatic rings. The van der Waals surface area contributed by atoms with Crippen molar-refractivity contribution in [2.24, 2.45) is 5.16 Å². The molecule has 1 saturated heterocycles. The Hall–Kier alpha value is -4.12. The van der Waals surface area contributed by atoms with Crippen molar-refractivity contribution in [2.45, 2.75) is 97.0 Å². The van der Waals surface area contributed by atoms with Gasteiger partial charge in [0.15, 0.2) is 10.8 Å². The summed E-state index contributed by atoms with van der Waals surface area (Å²) in [6, 6.07) is 8.13. The van der Waals surface area contributed by atoms with Gasteiger partial charge < -0.3 is 40.1 Å². The third-order valence-electron chi connectivity index (χ3n) is 6.29. The summed E-state index contributed by atoms with van der Waals surface area (Å²) in [7, 11) is 0. The number of amides is 3. The number of oxime groups is 1. The standard InChI is InChI=1S/C32H46N6O9S/c1-30(2,3)45-27(42)32(7,8)47-38-24(22-18-48-28(35-22)37-29(43)46-31(4,5)6)26(41)36-23-21(34-25(23)40)15-33-14-20(39)17-44-16-19-12-10-9-11-13-19/h9-13,18,20-21,23,33,39H,14-17H2,1-8H3,(H,34,40)(H,36,41)(H,35,37,43)/t20-,21-,23+/m1/s1. The normalized spacial score (nSPS) is 17.4. The molecular formula is C32H46N6O9S. The third kappa shape index (κ3) is 12.5. The minimum Gasteiger partial charge on any atom is -0.457 e. The maximum absolute atomic E-state index is 13.5. The molecule has 2 heterocycles. The summed E-state index contributed by atoms with van der Waals surface area (Å²) in [5, 5.41) is 26.8. The van der Waals surface area contributed by atoms with Crippen molar-refractivity contribution in [3.05, 3.63) is 47.0 Å². The van der Waals surface area contributed by atoms with Crippen LogP contribution in [0.25, 0.3) is 0 Å². The van der Waals surface area contributed by atoms with E-state index >= 15 is 0 Å². The Morgan fingerprint density at radius 3 is 2.33 bits per heavy atom. The number of thiazole rings is 1. The van der Waals surface area contributed by atoms with E-state index in [1.54, 1.807) is 41.5 Å². The zero-order valence-corrected chi connectivity index (χ0v) is 29.4. The van der Waals surface area contributed by atoms with Crippen molar-refractivity contribution in [3.63, 3.8) is 0 Å². The molecule has 2 aromatic rings. The van der Waals surface area contributed by atoms with E-state index in [2.05, 4.69) is 31.4 Å². The Kier molecular flexibility index (Phi) is 13.0. The lowest BCUT2D eigenvalue weighted by atomic mass is 9.98. The summed E-state index contributed by atoms with van der Waals surface area (Å²) >= 11 is 1.00. The second kappa shape index (κ2) is 16.3. The lowest BCUT2D eigenvalue weighted by molar-refractivity contribution is -0.179. The molecule has 1 fully saturated rings. The number of hydrogen-bond donors (Lipinski definition) is 5. The molecule has 3 amide bonds. The number of aliphatic hydroxyl groups excluding tert-OH is 1. The molecular weight excluding hydrogens is 644 g/mol. The largest absolute Gasteiger partial charge is 0.457 e. The van der Waals surface area contributed by atoms with Crippen molar-refractivity contribution in [2.75, 3.05) is 25.0 Å². The van der Waals surface area contributed by atoms with Gasteiger partial charge in [0.05, 0.1) is 25.4 Å². The van der Waals surface area contributed by atoms with Crippen LogP contribution in [0.3, 0.4) is 0 Å². The number of esters is 1. The van der Waals surface area contributed by atoms with Crippen LogP contribution in [0.5, 0.6) is 0 Å². The third-order valence-corrected chi connectivity index (χ3v) is 7.05. The summed E-state index contributed by atoms with van der Waals surface area (Å²) in [6.45, 7) is 14.0. The van der Waals surface area contributed by atoms with Crippen LogP contribution in [0.2, 0.25) is 0 Å². The molecule has 15 nitrogen and oxygen atoms in total. The van der Waals surface area contributed by atoms with Crippen molar-refractivity contribution in [1.29, 1.82) is 0 Å². The molecule has 1 aromatic heterocycles. The highest BCUT2D eigenvalue weighted by atomic mass is 32.1. The number of ether oxygens (including phenoxy) is 3. The van der Waals surface area contributed by atoms with Crippen LogP contribution < -0.4 is 21.3 Å². The summed E-state index contributed by atoms with van der Waals surface area (Å²) in [5.74, 6) is -1.97. The SMILES string of the molecule is CC(C)(C)OC(=O)Nc1nc(C(=NOC(C)(C)C(=O)OC(C)(C)C)C(=O)N[C@@H]2C(=O)N[C@@H]2CNC[C@@H](O)COCc2ccccc2)cs1. The highest BCUT2D eigenvalue weighted by Crippen LogP contribution is 2.21. The maximum Gasteiger partial charge on any atom is 0.413 e. The van der Waals surface area contributed by atoms with Gasteiger partial charge in [0.1, 0.15) is 22.9 Å². The second-order valence-corrected chi connectivity index (χ2v) is 14.4. The predicted octanol–water partition coefficient (Wildman–Crippen LogP) is 2.48. The molecule has 0 radical (unpaired) electrons. The summed E-state index contributed by atoms with van der Waals surface area (Å²) < 4.78 is 16.2. The highest BCUT2D eigenvalue weighted by molar-refractivity contribution is 7.14. The van der Waals surface area contributed by atoms with Crippen LogP contribution in [-0.4, -0.2) is 94.4 Å². The van der Waals surface area contributed by atoms with Gasteiger partial charge in [-0.15, -0.1) is 11.3 Å². The maximum atomic E-state index is 13.5. The van der Waals surface area contributed by atoms with Gasteiger partial charge >= 0.3 is 12.1 Å². The molecule has 5 N–H and O–H groups in total. The first-order valence-corrected chi connectivity index (χ1v) is 16.3. The quantitative estimate of drug-likeness (QED) is 0.0796. The van der Waals surface area contributed by atoms with Gasteiger partial charge in [-0.2, -0.15) is 0 Å². The molecule has 264 valence electrons. The summed E-state index contributed by atoms with van der Waals surface area (Å²) in [4.78, 5) is 60.8. The lowest BCUT2D eigenvalue weighted by Gasteiger charge is -2.37. The number of anilines is 1. The average Bonchev–Trinajstić information content (AvgIpc) is 3.41. The van der Waals surface area contributed by atoms with Gasteiger partial charge in [-0.1, -0.05) is 35.5 Å². The number of rotatable bonds is 15. The topological polar surface area (TPSA) is 199 Å². The fraction of sp³-hybridized carbons (Fsp3) is 0.562. The van der Waals surface area contributed by atoms with Gasteiger partial charge in [0.2, 0.25) is 11.5 Å². The molecule has 1 aromatic carbocycles. The van der Waals surface area contributed by atoms with Crippen molar-refractivity contribution < 1.29 is 43.3 Å². The average molecular weight is 691 g/mol. The van der Waals surface area contributed by atoms with Crippen LogP contribution in [0, 0.1) is 0 Å². The van der Waals surface area contributed by atoms with Crippen LogP contribution in [0.15, 0.2) is 40.9 Å². The van der Waals surface area contributed by atoms with Gasteiger partial charge in [0, 0.05) is 18.5 Å². The number of carbonyl (C=O) groups is 4. The fourth-order valence-electron chi connectivity index (χ4n) is 3.97. The summed E-state index contributed by atoms with van der Waals surface area (Å²) in [5.41, 5.74) is -2.50. The number of β-lactam (4-membered cyclic amide) rings is 1. The number of nitrogens with zero attached hydrogens (tertiary/aromatic N) is 2. The number of aromatic nitrogens is 1. The Balaban J connectivity index is 1.66. The molecule has 0 spiro atoms. The number of benzene rings is 1. The molecule has 3 atom stereocenters. The molecule has 16 heteroatoms. The molecule has 3 rings (SSSR count). The van der Waals surface area contributed by atoms with Crippen LogP contribution in [0.1, 0.15) is 66.6 Å². The first-order chi connectivity index (χ1) is 22.3. The van der Waals surface area contributed by atoms with E-state index in [1.807, 2.05) is 30.3 Å². The molecule has 0 unspecified atom stereocenters. The van der Waals surface area contributed by atoms with Crippen molar-refractivity contribution >= 4 is 46.1 Å². The Morgan fingerprint density at radius 2 is 1.71 bits per heavy atom. The predicted molar refractivity (Wildman–Crippen MR) is 178 cm³/mol. The summed E-state index contributed by atoms with van der Waals surface area (Å²) in [6.07, 6.45) is -1.54. The zero-order chi connectivity index (χ0) is 35.7. The zero-order valence-electron chi connectivity index (χ0n) is 28.5. The number of hydrogen-bond acceptors (Lipinski definition) is 13. The first-order valence-electron chi connectivity index (χ1n) is 15.4. The van der Waals surface area contributed by atoms with E-state index in [0.29, 0.717) is 6.61 Å². The number of carbonyl (C=O) groups excluding carboxylic acids is 4. The van der Waals surface area contributed by atoms with Crippen LogP contribution in [-0.2, 0) is 40.0 Å².